The summed E-state index contributed by atoms with van der Waals surface area (Å²) in [4.78, 5) is 23.4. The lowest BCUT2D eigenvalue weighted by Gasteiger charge is -2.17. The number of nitrogens with zero attached hydrogens (tertiary/aromatic N) is 1. The van der Waals surface area contributed by atoms with Crippen molar-refractivity contribution in [2.75, 3.05) is 11.9 Å². The zero-order valence-electron chi connectivity index (χ0n) is 9.79. The third kappa shape index (κ3) is 2.24. The second-order valence-corrected chi connectivity index (χ2v) is 3.74. The Morgan fingerprint density at radius 2 is 1.78 bits per heavy atom. The molecule has 0 fully saturated rings. The van der Waals surface area contributed by atoms with Gasteiger partial charge in [-0.3, -0.25) is 4.90 Å². The maximum Gasteiger partial charge on any atom is 0.423 e. The summed E-state index contributed by atoms with van der Waals surface area (Å²) in [5, 5.41) is 1.89. The molecule has 2 N–H and O–H groups in total. The van der Waals surface area contributed by atoms with Crippen LogP contribution >= 0.6 is 0 Å². The molecule has 0 saturated carbocycles. The fraction of sp³-hybridized carbons (Fsp3) is 0.0769. The summed E-state index contributed by atoms with van der Waals surface area (Å²) in [7, 11) is 1.52. The molecule has 0 atom stereocenters. The molecular weight excluding hydrogens is 232 g/mol. The van der Waals surface area contributed by atoms with Gasteiger partial charge < -0.3 is 10.5 Å². The van der Waals surface area contributed by atoms with Crippen LogP contribution in [-0.2, 0) is 4.74 Å². The Labute approximate surface area is 104 Å². The van der Waals surface area contributed by atoms with Gasteiger partial charge in [0.15, 0.2) is 0 Å². The summed E-state index contributed by atoms with van der Waals surface area (Å²) in [5.74, 6) is 0. The van der Waals surface area contributed by atoms with Crippen LogP contribution in [0.5, 0.6) is 0 Å². The topological polar surface area (TPSA) is 72.6 Å². The Morgan fingerprint density at radius 1 is 1.11 bits per heavy atom. The first-order chi connectivity index (χ1) is 8.59. The maximum atomic E-state index is 11.6. The Balaban J connectivity index is 2.41. The monoisotopic (exact) mass is 244 g/mol. The van der Waals surface area contributed by atoms with Crippen LogP contribution in [0.25, 0.3) is 10.8 Å². The van der Waals surface area contributed by atoms with Gasteiger partial charge in [-0.15, -0.1) is 0 Å². The van der Waals surface area contributed by atoms with E-state index in [2.05, 4.69) is 4.74 Å². The number of carbonyl (C=O) groups excluding carboxylic acids is 2. The number of hydrogen-bond acceptors (Lipinski definition) is 3. The number of nitrogens with two attached hydrogens (primary N) is 1. The van der Waals surface area contributed by atoms with Crippen molar-refractivity contribution < 1.29 is 14.3 Å². The molecule has 2 rings (SSSR count). The second-order valence-electron chi connectivity index (χ2n) is 3.74. The number of hydrogen-bond donors (Lipinski definition) is 1. The average molecular weight is 244 g/mol. The maximum absolute atomic E-state index is 11.6. The fourth-order valence-corrected chi connectivity index (χ4v) is 1.75. The van der Waals surface area contributed by atoms with Crippen LogP contribution in [0, 0.1) is 0 Å². The Hall–Kier alpha value is -2.56. The zero-order valence-corrected chi connectivity index (χ0v) is 9.79. The molecule has 0 radical (unpaired) electrons. The number of carbonyl (C=O) groups is 2. The summed E-state index contributed by atoms with van der Waals surface area (Å²) < 4.78 is 4.34. The Kier molecular flexibility index (Phi) is 3.14. The fourth-order valence-electron chi connectivity index (χ4n) is 1.75. The molecular formula is C13H12N2O3. The van der Waals surface area contributed by atoms with Crippen LogP contribution in [0.1, 0.15) is 0 Å². The minimum atomic E-state index is -1.12. The predicted molar refractivity (Wildman–Crippen MR) is 68.4 cm³/mol. The quantitative estimate of drug-likeness (QED) is 0.783. The summed E-state index contributed by atoms with van der Waals surface area (Å²) in [6, 6.07) is 13.1. The molecule has 0 aliphatic rings. The summed E-state index contributed by atoms with van der Waals surface area (Å²) in [6.07, 6.45) is -1.93. The number of rotatable bonds is 1. The third-order valence-corrected chi connectivity index (χ3v) is 2.59. The summed E-state index contributed by atoms with van der Waals surface area (Å²) >= 11 is 0. The SMILES string of the molecule is CN(C(=O)OC(N)=O)c1cccc2ccccc12. The van der Waals surface area contributed by atoms with Gasteiger partial charge in [-0.05, 0) is 11.5 Å². The normalized spacial score (nSPS) is 10.1. The van der Waals surface area contributed by atoms with Crippen LogP contribution in [0.4, 0.5) is 15.3 Å². The lowest BCUT2D eigenvalue weighted by Crippen LogP contribution is -2.31. The molecule has 0 aliphatic carbocycles. The van der Waals surface area contributed by atoms with Crippen molar-refractivity contribution >= 4 is 28.6 Å². The van der Waals surface area contributed by atoms with E-state index in [9.17, 15) is 9.59 Å². The molecule has 5 nitrogen and oxygen atoms in total. The van der Waals surface area contributed by atoms with Crippen LogP contribution in [-0.4, -0.2) is 19.2 Å². The molecule has 2 amide bonds. The van der Waals surface area contributed by atoms with Gasteiger partial charge in [0.25, 0.3) is 0 Å². The van der Waals surface area contributed by atoms with Crippen molar-refractivity contribution in [2.24, 2.45) is 5.73 Å². The molecule has 0 bridgehead atoms. The molecule has 18 heavy (non-hydrogen) atoms. The Morgan fingerprint density at radius 3 is 2.50 bits per heavy atom. The van der Waals surface area contributed by atoms with E-state index in [-0.39, 0.29) is 0 Å². The number of benzene rings is 2. The van der Waals surface area contributed by atoms with E-state index in [4.69, 9.17) is 5.73 Å². The lowest BCUT2D eigenvalue weighted by atomic mass is 10.1. The number of primary amides is 1. The third-order valence-electron chi connectivity index (χ3n) is 2.59. The van der Waals surface area contributed by atoms with Crippen molar-refractivity contribution in [3.05, 3.63) is 42.5 Å². The first-order valence-electron chi connectivity index (χ1n) is 5.32. The highest BCUT2D eigenvalue weighted by molar-refractivity contribution is 6.03. The molecule has 2 aromatic rings. The molecule has 5 heteroatoms. The average Bonchev–Trinajstić information content (AvgIpc) is 2.36. The van der Waals surface area contributed by atoms with E-state index >= 15 is 0 Å². The van der Waals surface area contributed by atoms with Gasteiger partial charge in [0.1, 0.15) is 0 Å². The van der Waals surface area contributed by atoms with Crippen molar-refractivity contribution in [1.29, 1.82) is 0 Å². The zero-order chi connectivity index (χ0) is 13.1. The molecule has 0 heterocycles. The minimum Gasteiger partial charge on any atom is -0.359 e. The highest BCUT2D eigenvalue weighted by Gasteiger charge is 2.16. The van der Waals surface area contributed by atoms with Crippen molar-refractivity contribution in [3.8, 4) is 0 Å². The molecule has 0 spiro atoms. The lowest BCUT2D eigenvalue weighted by molar-refractivity contribution is 0.163. The van der Waals surface area contributed by atoms with E-state index in [1.807, 2.05) is 36.4 Å². The minimum absolute atomic E-state index is 0.652. The molecule has 2 aromatic carbocycles. The molecule has 0 unspecified atom stereocenters. The van der Waals surface area contributed by atoms with Gasteiger partial charge >= 0.3 is 12.2 Å². The van der Waals surface area contributed by atoms with Crippen LogP contribution in [0.2, 0.25) is 0 Å². The summed E-state index contributed by atoms with van der Waals surface area (Å²) in [6.45, 7) is 0. The second kappa shape index (κ2) is 4.75. The van der Waals surface area contributed by atoms with E-state index < -0.39 is 12.2 Å². The first kappa shape index (κ1) is 11.9. The van der Waals surface area contributed by atoms with E-state index in [1.165, 1.54) is 11.9 Å². The highest BCUT2D eigenvalue weighted by atomic mass is 16.6. The van der Waals surface area contributed by atoms with Crippen LogP contribution in [0.15, 0.2) is 42.5 Å². The molecule has 92 valence electrons. The molecule has 0 aliphatic heterocycles. The molecule has 0 saturated heterocycles. The Bertz CT molecular complexity index is 605. The number of ether oxygens (including phenoxy) is 1. The van der Waals surface area contributed by atoms with Gasteiger partial charge in [-0.1, -0.05) is 36.4 Å². The van der Waals surface area contributed by atoms with E-state index in [1.54, 1.807) is 6.07 Å². The van der Waals surface area contributed by atoms with Gasteiger partial charge in [0.2, 0.25) is 0 Å². The van der Waals surface area contributed by atoms with E-state index in [0.717, 1.165) is 10.8 Å². The number of anilines is 1. The smallest absolute Gasteiger partial charge is 0.359 e. The number of fused-ring (bicyclic) bond motifs is 1. The highest BCUT2D eigenvalue weighted by Crippen LogP contribution is 2.26. The van der Waals surface area contributed by atoms with Gasteiger partial charge in [0, 0.05) is 12.4 Å². The van der Waals surface area contributed by atoms with Crippen molar-refractivity contribution in [2.45, 2.75) is 0 Å². The molecule has 0 aromatic heterocycles. The van der Waals surface area contributed by atoms with Gasteiger partial charge in [0.05, 0.1) is 5.69 Å². The van der Waals surface area contributed by atoms with E-state index in [0.29, 0.717) is 5.69 Å². The van der Waals surface area contributed by atoms with Crippen LogP contribution in [0.3, 0.4) is 0 Å². The van der Waals surface area contributed by atoms with Crippen LogP contribution < -0.4 is 10.6 Å². The predicted octanol–water partition coefficient (Wildman–Crippen LogP) is 2.49. The summed E-state index contributed by atoms with van der Waals surface area (Å²) in [5.41, 5.74) is 5.47. The van der Waals surface area contributed by atoms with Gasteiger partial charge in [-0.25, -0.2) is 9.59 Å². The number of amides is 2. The van der Waals surface area contributed by atoms with Gasteiger partial charge in [-0.2, -0.15) is 0 Å². The van der Waals surface area contributed by atoms with Crippen molar-refractivity contribution in [1.82, 2.24) is 0 Å². The first-order valence-corrected chi connectivity index (χ1v) is 5.32. The standard InChI is InChI=1S/C13H12N2O3/c1-15(13(17)18-12(14)16)11-8-4-6-9-5-2-3-7-10(9)11/h2-8H,1H3,(H2,14,16). The van der Waals surface area contributed by atoms with Crippen molar-refractivity contribution in [3.63, 3.8) is 0 Å². The largest absolute Gasteiger partial charge is 0.423 e.